The summed E-state index contributed by atoms with van der Waals surface area (Å²) < 4.78 is 5.52. The number of hydrogen-bond acceptors (Lipinski definition) is 3. The van der Waals surface area contributed by atoms with Crippen LogP contribution in [0.5, 0.6) is 0 Å². The van der Waals surface area contributed by atoms with Crippen LogP contribution < -0.4 is 10.6 Å². The molecule has 0 aromatic heterocycles. The third kappa shape index (κ3) is 3.06. The van der Waals surface area contributed by atoms with Crippen LogP contribution in [0.4, 0.5) is 0 Å². The highest BCUT2D eigenvalue weighted by molar-refractivity contribution is 5.81. The molecule has 0 aliphatic carbocycles. The van der Waals surface area contributed by atoms with Crippen LogP contribution in [-0.2, 0) is 9.53 Å². The van der Waals surface area contributed by atoms with Gasteiger partial charge in [0.1, 0.15) is 6.10 Å². The Balaban J connectivity index is 1.73. The maximum atomic E-state index is 11.8. The molecule has 0 spiro atoms. The van der Waals surface area contributed by atoms with Gasteiger partial charge in [-0.3, -0.25) is 4.79 Å². The summed E-state index contributed by atoms with van der Waals surface area (Å²) in [6, 6.07) is 0. The van der Waals surface area contributed by atoms with E-state index in [1.807, 2.05) is 6.92 Å². The average molecular weight is 224 g/mol. The molecular weight excluding hydrogens is 204 g/mol. The average Bonchev–Trinajstić information content (AvgIpc) is 2.74. The van der Waals surface area contributed by atoms with E-state index in [4.69, 9.17) is 4.74 Å². The predicted molar refractivity (Wildman–Crippen MR) is 62.1 cm³/mol. The predicted octanol–water partition coefficient (Wildman–Crippen LogP) is 0.590. The number of nitrogens with one attached hydrogen (secondary N) is 2. The van der Waals surface area contributed by atoms with Gasteiger partial charge in [0, 0.05) is 13.1 Å². The molecule has 0 saturated carbocycles. The maximum Gasteiger partial charge on any atom is 0.249 e. The lowest BCUT2D eigenvalue weighted by Crippen LogP contribution is -2.36. The van der Waals surface area contributed by atoms with Crippen molar-refractivity contribution in [3.63, 3.8) is 0 Å². The van der Waals surface area contributed by atoms with Crippen molar-refractivity contribution in [1.82, 2.24) is 10.6 Å². The molecule has 4 heteroatoms. The quantitative estimate of drug-likeness (QED) is 0.690. The molecule has 1 amide bonds. The van der Waals surface area contributed by atoms with Gasteiger partial charge in [0.15, 0.2) is 0 Å². The third-order valence-electron chi connectivity index (χ3n) is 3.17. The van der Waals surface area contributed by atoms with Gasteiger partial charge < -0.3 is 15.4 Å². The van der Waals surface area contributed by atoms with Gasteiger partial charge in [0.05, 0.1) is 6.10 Å². The van der Waals surface area contributed by atoms with Crippen molar-refractivity contribution in [2.75, 3.05) is 19.6 Å². The van der Waals surface area contributed by atoms with E-state index in [2.05, 4.69) is 16.7 Å². The molecule has 2 aliphatic heterocycles. The standard InChI is InChI=1S/C12H20N2O2/c1-9-2-3-11(16-9)12(15)14-8-10-4-6-13-7-5-10/h4,9,11,13H,2-3,5-8H2,1H3,(H,14,15). The largest absolute Gasteiger partial charge is 0.365 e. The second kappa shape index (κ2) is 5.46. The molecule has 2 rings (SSSR count). The Morgan fingerprint density at radius 3 is 3.12 bits per heavy atom. The van der Waals surface area contributed by atoms with Crippen molar-refractivity contribution in [1.29, 1.82) is 0 Å². The molecule has 0 aromatic rings. The lowest BCUT2D eigenvalue weighted by Gasteiger charge is -2.16. The van der Waals surface area contributed by atoms with E-state index in [9.17, 15) is 4.79 Å². The van der Waals surface area contributed by atoms with E-state index in [0.29, 0.717) is 6.54 Å². The fourth-order valence-corrected chi connectivity index (χ4v) is 2.14. The van der Waals surface area contributed by atoms with Crippen molar-refractivity contribution in [3.05, 3.63) is 11.6 Å². The van der Waals surface area contributed by atoms with Crippen molar-refractivity contribution in [2.24, 2.45) is 0 Å². The van der Waals surface area contributed by atoms with Gasteiger partial charge in [0.25, 0.3) is 0 Å². The Labute approximate surface area is 96.4 Å². The van der Waals surface area contributed by atoms with Crippen molar-refractivity contribution in [3.8, 4) is 0 Å². The Bertz CT molecular complexity index is 289. The van der Waals surface area contributed by atoms with Gasteiger partial charge in [-0.05, 0) is 32.7 Å². The molecule has 2 atom stereocenters. The molecule has 1 saturated heterocycles. The Hall–Kier alpha value is -0.870. The summed E-state index contributed by atoms with van der Waals surface area (Å²) in [7, 11) is 0. The van der Waals surface area contributed by atoms with Crippen molar-refractivity contribution in [2.45, 2.75) is 38.4 Å². The zero-order valence-electron chi connectivity index (χ0n) is 9.79. The first-order valence-electron chi connectivity index (χ1n) is 6.07. The fraction of sp³-hybridized carbons (Fsp3) is 0.750. The van der Waals surface area contributed by atoms with Crippen LogP contribution in [0.1, 0.15) is 26.2 Å². The first-order chi connectivity index (χ1) is 7.75. The Kier molecular flexibility index (Phi) is 3.96. The molecule has 4 nitrogen and oxygen atoms in total. The summed E-state index contributed by atoms with van der Waals surface area (Å²) in [5, 5.41) is 6.20. The second-order valence-corrected chi connectivity index (χ2v) is 4.55. The van der Waals surface area contributed by atoms with E-state index in [0.717, 1.165) is 32.4 Å². The van der Waals surface area contributed by atoms with Crippen LogP contribution >= 0.6 is 0 Å². The summed E-state index contributed by atoms with van der Waals surface area (Å²) in [5.74, 6) is 0.0452. The molecule has 2 heterocycles. The van der Waals surface area contributed by atoms with E-state index in [-0.39, 0.29) is 18.1 Å². The minimum Gasteiger partial charge on any atom is -0.365 e. The van der Waals surface area contributed by atoms with Crippen LogP contribution in [0.15, 0.2) is 11.6 Å². The lowest BCUT2D eigenvalue weighted by atomic mass is 10.1. The number of ether oxygens (including phenoxy) is 1. The van der Waals surface area contributed by atoms with Crippen LogP contribution in [0.2, 0.25) is 0 Å². The number of carbonyl (C=O) groups is 1. The number of rotatable bonds is 3. The van der Waals surface area contributed by atoms with Gasteiger partial charge in [-0.15, -0.1) is 0 Å². The third-order valence-corrected chi connectivity index (χ3v) is 3.17. The molecule has 1 fully saturated rings. The first kappa shape index (κ1) is 11.6. The summed E-state index contributed by atoms with van der Waals surface area (Å²) in [5.41, 5.74) is 1.32. The second-order valence-electron chi connectivity index (χ2n) is 4.55. The zero-order valence-corrected chi connectivity index (χ0v) is 9.79. The highest BCUT2D eigenvalue weighted by Gasteiger charge is 2.27. The lowest BCUT2D eigenvalue weighted by molar-refractivity contribution is -0.131. The number of amides is 1. The van der Waals surface area contributed by atoms with Gasteiger partial charge in [0.2, 0.25) is 5.91 Å². The molecule has 0 aromatic carbocycles. The Morgan fingerprint density at radius 2 is 2.50 bits per heavy atom. The van der Waals surface area contributed by atoms with E-state index < -0.39 is 0 Å². The minimum atomic E-state index is -0.225. The zero-order chi connectivity index (χ0) is 11.4. The van der Waals surface area contributed by atoms with Crippen molar-refractivity contribution >= 4 is 5.91 Å². The summed E-state index contributed by atoms with van der Waals surface area (Å²) in [4.78, 5) is 11.8. The van der Waals surface area contributed by atoms with Crippen LogP contribution in [-0.4, -0.2) is 37.7 Å². The van der Waals surface area contributed by atoms with E-state index in [1.165, 1.54) is 5.57 Å². The number of carbonyl (C=O) groups excluding carboxylic acids is 1. The monoisotopic (exact) mass is 224 g/mol. The minimum absolute atomic E-state index is 0.0452. The van der Waals surface area contributed by atoms with Gasteiger partial charge in [-0.2, -0.15) is 0 Å². The van der Waals surface area contributed by atoms with Crippen LogP contribution in [0, 0.1) is 0 Å². The Morgan fingerprint density at radius 1 is 1.62 bits per heavy atom. The van der Waals surface area contributed by atoms with Crippen LogP contribution in [0.3, 0.4) is 0 Å². The number of hydrogen-bond donors (Lipinski definition) is 2. The fourth-order valence-electron chi connectivity index (χ4n) is 2.14. The summed E-state index contributed by atoms with van der Waals surface area (Å²) >= 11 is 0. The molecule has 2 N–H and O–H groups in total. The molecule has 0 radical (unpaired) electrons. The van der Waals surface area contributed by atoms with Crippen LogP contribution in [0.25, 0.3) is 0 Å². The smallest absolute Gasteiger partial charge is 0.249 e. The molecule has 2 aliphatic rings. The molecule has 0 bridgehead atoms. The van der Waals surface area contributed by atoms with Gasteiger partial charge >= 0.3 is 0 Å². The highest BCUT2D eigenvalue weighted by Crippen LogP contribution is 2.19. The SMILES string of the molecule is CC1CCC(C(=O)NCC2=CCNCC2)O1. The van der Waals surface area contributed by atoms with E-state index >= 15 is 0 Å². The normalized spacial score (nSPS) is 29.9. The topological polar surface area (TPSA) is 50.4 Å². The molecule has 90 valence electrons. The van der Waals surface area contributed by atoms with E-state index in [1.54, 1.807) is 0 Å². The highest BCUT2D eigenvalue weighted by atomic mass is 16.5. The van der Waals surface area contributed by atoms with Crippen molar-refractivity contribution < 1.29 is 9.53 Å². The summed E-state index contributed by atoms with van der Waals surface area (Å²) in [6.45, 7) is 4.62. The maximum absolute atomic E-state index is 11.8. The molecule has 16 heavy (non-hydrogen) atoms. The van der Waals surface area contributed by atoms with Gasteiger partial charge in [-0.1, -0.05) is 11.6 Å². The first-order valence-corrected chi connectivity index (χ1v) is 6.07. The van der Waals surface area contributed by atoms with Gasteiger partial charge in [-0.25, -0.2) is 0 Å². The molecular formula is C12H20N2O2. The molecule has 2 unspecified atom stereocenters. The summed E-state index contributed by atoms with van der Waals surface area (Å²) in [6.07, 6.45) is 5.04.